The van der Waals surface area contributed by atoms with E-state index in [4.69, 9.17) is 0 Å². The van der Waals surface area contributed by atoms with Crippen molar-refractivity contribution >= 4 is 11.8 Å². The highest BCUT2D eigenvalue weighted by Crippen LogP contribution is 2.12. The molecule has 1 aliphatic heterocycles. The van der Waals surface area contributed by atoms with Gasteiger partial charge in [0.05, 0.1) is 6.42 Å². The minimum atomic E-state index is -0.449. The zero-order chi connectivity index (χ0) is 17.8. The molecule has 0 aliphatic carbocycles. The Labute approximate surface area is 144 Å². The molecule has 1 aliphatic rings. The van der Waals surface area contributed by atoms with E-state index in [1.54, 1.807) is 28.0 Å². The number of halogens is 2. The van der Waals surface area contributed by atoms with E-state index in [1.165, 1.54) is 30.3 Å². The van der Waals surface area contributed by atoms with Crippen LogP contribution >= 0.6 is 0 Å². The molecular formula is C19H18F2N2O2. The molecule has 3 rings (SSSR count). The number of piperazine rings is 1. The molecule has 6 heteroatoms. The smallest absolute Gasteiger partial charge is 0.254 e. The van der Waals surface area contributed by atoms with E-state index in [2.05, 4.69) is 0 Å². The average molecular weight is 344 g/mol. The lowest BCUT2D eigenvalue weighted by molar-refractivity contribution is -0.131. The molecule has 1 fully saturated rings. The zero-order valence-corrected chi connectivity index (χ0v) is 13.6. The first-order chi connectivity index (χ1) is 12.0. The molecule has 130 valence electrons. The van der Waals surface area contributed by atoms with Crippen LogP contribution in [0.25, 0.3) is 0 Å². The summed E-state index contributed by atoms with van der Waals surface area (Å²) >= 11 is 0. The topological polar surface area (TPSA) is 40.6 Å². The minimum absolute atomic E-state index is 0.0940. The van der Waals surface area contributed by atoms with Crippen molar-refractivity contribution in [3.8, 4) is 0 Å². The van der Waals surface area contributed by atoms with Gasteiger partial charge in [-0.2, -0.15) is 0 Å². The van der Waals surface area contributed by atoms with Crippen LogP contribution in [0.3, 0.4) is 0 Å². The van der Waals surface area contributed by atoms with Gasteiger partial charge in [0, 0.05) is 31.7 Å². The average Bonchev–Trinajstić information content (AvgIpc) is 2.61. The summed E-state index contributed by atoms with van der Waals surface area (Å²) in [5.74, 6) is -1.15. The molecular weight excluding hydrogens is 326 g/mol. The van der Waals surface area contributed by atoms with Gasteiger partial charge in [0.1, 0.15) is 11.6 Å². The Hall–Kier alpha value is -2.76. The second-order valence-electron chi connectivity index (χ2n) is 5.99. The first kappa shape index (κ1) is 17.1. The van der Waals surface area contributed by atoms with Crippen molar-refractivity contribution in [1.82, 2.24) is 9.80 Å². The molecule has 0 N–H and O–H groups in total. The molecule has 0 spiro atoms. The molecule has 0 aromatic heterocycles. The van der Waals surface area contributed by atoms with Crippen LogP contribution in [0.1, 0.15) is 15.9 Å². The fourth-order valence-corrected chi connectivity index (χ4v) is 2.90. The highest BCUT2D eigenvalue weighted by atomic mass is 19.1. The molecule has 1 heterocycles. The zero-order valence-electron chi connectivity index (χ0n) is 13.6. The van der Waals surface area contributed by atoms with Crippen LogP contribution in [0.4, 0.5) is 8.78 Å². The van der Waals surface area contributed by atoms with E-state index < -0.39 is 5.82 Å². The molecule has 4 nitrogen and oxygen atoms in total. The van der Waals surface area contributed by atoms with Gasteiger partial charge in [-0.3, -0.25) is 9.59 Å². The molecule has 0 radical (unpaired) electrons. The first-order valence-corrected chi connectivity index (χ1v) is 8.10. The van der Waals surface area contributed by atoms with E-state index in [-0.39, 0.29) is 24.1 Å². The van der Waals surface area contributed by atoms with Gasteiger partial charge in [0.25, 0.3) is 5.91 Å². The number of carbonyl (C=O) groups is 2. The second-order valence-corrected chi connectivity index (χ2v) is 5.99. The number of nitrogens with zero attached hydrogens (tertiary/aromatic N) is 2. The van der Waals surface area contributed by atoms with Crippen molar-refractivity contribution in [1.29, 1.82) is 0 Å². The van der Waals surface area contributed by atoms with Crippen molar-refractivity contribution in [3.63, 3.8) is 0 Å². The Morgan fingerprint density at radius 3 is 2.08 bits per heavy atom. The van der Waals surface area contributed by atoms with Gasteiger partial charge in [0.15, 0.2) is 0 Å². The first-order valence-electron chi connectivity index (χ1n) is 8.10. The summed E-state index contributed by atoms with van der Waals surface area (Å²) < 4.78 is 26.4. The number of carbonyl (C=O) groups excluding carboxylic acids is 2. The van der Waals surface area contributed by atoms with E-state index in [9.17, 15) is 18.4 Å². The van der Waals surface area contributed by atoms with Gasteiger partial charge in [-0.15, -0.1) is 0 Å². The SMILES string of the molecule is O=C(Cc1cccc(F)c1)N1CCN(C(=O)c2cccc(F)c2)CC1. The summed E-state index contributed by atoms with van der Waals surface area (Å²) in [7, 11) is 0. The van der Waals surface area contributed by atoms with Crippen molar-refractivity contribution in [3.05, 3.63) is 71.3 Å². The maximum atomic E-state index is 13.2. The Morgan fingerprint density at radius 2 is 1.44 bits per heavy atom. The number of hydrogen-bond donors (Lipinski definition) is 0. The monoisotopic (exact) mass is 344 g/mol. The maximum Gasteiger partial charge on any atom is 0.254 e. The van der Waals surface area contributed by atoms with Gasteiger partial charge in [-0.25, -0.2) is 8.78 Å². The summed E-state index contributed by atoms with van der Waals surface area (Å²) in [6, 6.07) is 11.6. The molecule has 2 aromatic rings. The quantitative estimate of drug-likeness (QED) is 0.858. The highest BCUT2D eigenvalue weighted by Gasteiger charge is 2.25. The Kier molecular flexibility index (Phi) is 5.07. The highest BCUT2D eigenvalue weighted by molar-refractivity contribution is 5.94. The molecule has 1 saturated heterocycles. The summed E-state index contributed by atoms with van der Waals surface area (Å²) in [5, 5.41) is 0. The number of benzene rings is 2. The second kappa shape index (κ2) is 7.42. The van der Waals surface area contributed by atoms with E-state index in [0.717, 1.165) is 0 Å². The fraction of sp³-hybridized carbons (Fsp3) is 0.263. The van der Waals surface area contributed by atoms with Crippen molar-refractivity contribution in [2.45, 2.75) is 6.42 Å². The molecule has 0 saturated carbocycles. The third kappa shape index (κ3) is 4.21. The molecule has 0 unspecified atom stereocenters. The summed E-state index contributed by atoms with van der Waals surface area (Å²) in [5.41, 5.74) is 0.933. The van der Waals surface area contributed by atoms with Gasteiger partial charge in [-0.1, -0.05) is 18.2 Å². The van der Waals surface area contributed by atoms with Crippen molar-refractivity contribution < 1.29 is 18.4 Å². The minimum Gasteiger partial charge on any atom is -0.339 e. The van der Waals surface area contributed by atoms with Crippen molar-refractivity contribution in [2.24, 2.45) is 0 Å². The third-order valence-corrected chi connectivity index (χ3v) is 4.24. The number of hydrogen-bond acceptors (Lipinski definition) is 2. The van der Waals surface area contributed by atoms with Gasteiger partial charge in [0.2, 0.25) is 5.91 Å². The maximum absolute atomic E-state index is 13.2. The molecule has 0 bridgehead atoms. The van der Waals surface area contributed by atoms with Gasteiger partial charge in [-0.05, 0) is 35.9 Å². The molecule has 25 heavy (non-hydrogen) atoms. The predicted molar refractivity (Wildman–Crippen MR) is 89.0 cm³/mol. The number of rotatable bonds is 3. The van der Waals surface area contributed by atoms with Crippen LogP contribution in [-0.4, -0.2) is 47.8 Å². The molecule has 2 amide bonds. The lowest BCUT2D eigenvalue weighted by atomic mass is 10.1. The summed E-state index contributed by atoms with van der Waals surface area (Å²) in [6.07, 6.45) is 0.135. The predicted octanol–water partition coefficient (Wildman–Crippen LogP) is 2.49. The Balaban J connectivity index is 1.56. The lowest BCUT2D eigenvalue weighted by Crippen LogP contribution is -2.51. The van der Waals surface area contributed by atoms with Crippen LogP contribution in [0, 0.1) is 11.6 Å². The van der Waals surface area contributed by atoms with Crippen molar-refractivity contribution in [2.75, 3.05) is 26.2 Å². The standard InChI is InChI=1S/C19H18F2N2O2/c20-16-5-1-3-14(11-16)12-18(24)22-7-9-23(10-8-22)19(25)15-4-2-6-17(21)13-15/h1-6,11,13H,7-10,12H2. The fourth-order valence-electron chi connectivity index (χ4n) is 2.90. The van der Waals surface area contributed by atoms with Crippen LogP contribution < -0.4 is 0 Å². The lowest BCUT2D eigenvalue weighted by Gasteiger charge is -2.35. The van der Waals surface area contributed by atoms with E-state index in [0.29, 0.717) is 37.3 Å². The van der Waals surface area contributed by atoms with Gasteiger partial charge >= 0.3 is 0 Å². The summed E-state index contributed by atoms with van der Waals surface area (Å²) in [4.78, 5) is 28.0. The Bertz CT molecular complexity index is 786. The van der Waals surface area contributed by atoms with Gasteiger partial charge < -0.3 is 9.80 Å². The third-order valence-electron chi connectivity index (χ3n) is 4.24. The van der Waals surface area contributed by atoms with Crippen LogP contribution in [-0.2, 0) is 11.2 Å². The van der Waals surface area contributed by atoms with Crippen LogP contribution in [0.5, 0.6) is 0 Å². The largest absolute Gasteiger partial charge is 0.339 e. The molecule has 2 aromatic carbocycles. The number of amides is 2. The van der Waals surface area contributed by atoms with E-state index in [1.807, 2.05) is 0 Å². The van der Waals surface area contributed by atoms with Crippen LogP contribution in [0.2, 0.25) is 0 Å². The summed E-state index contributed by atoms with van der Waals surface area (Å²) in [6.45, 7) is 1.61. The molecule has 0 atom stereocenters. The van der Waals surface area contributed by atoms with Crippen LogP contribution in [0.15, 0.2) is 48.5 Å². The Morgan fingerprint density at radius 1 is 0.840 bits per heavy atom. The van der Waals surface area contributed by atoms with E-state index >= 15 is 0 Å². The normalized spacial score (nSPS) is 14.5.